The van der Waals surface area contributed by atoms with Gasteiger partial charge in [0.15, 0.2) is 0 Å². The fourth-order valence-electron chi connectivity index (χ4n) is 2.17. The van der Waals surface area contributed by atoms with E-state index in [-0.39, 0.29) is 5.56 Å². The predicted octanol–water partition coefficient (Wildman–Crippen LogP) is 1.98. The summed E-state index contributed by atoms with van der Waals surface area (Å²) < 4.78 is 1.35. The lowest BCUT2D eigenvalue weighted by molar-refractivity contribution is 0.837. The molecule has 0 bridgehead atoms. The van der Waals surface area contributed by atoms with Crippen molar-refractivity contribution in [3.05, 3.63) is 58.0 Å². The number of aromatic nitrogens is 4. The van der Waals surface area contributed by atoms with E-state index in [4.69, 9.17) is 0 Å². The van der Waals surface area contributed by atoms with Crippen LogP contribution in [0.5, 0.6) is 0 Å². The first-order chi connectivity index (χ1) is 10.3. The fraction of sp³-hybridized carbons (Fsp3) is 0.267. The smallest absolute Gasteiger partial charge is 0.274 e. The number of nitrogens with zero attached hydrogens (tertiary/aromatic N) is 3. The van der Waals surface area contributed by atoms with E-state index in [9.17, 15) is 4.79 Å². The molecule has 3 aromatic rings. The van der Waals surface area contributed by atoms with Crippen molar-refractivity contribution in [2.24, 2.45) is 0 Å². The van der Waals surface area contributed by atoms with E-state index in [2.05, 4.69) is 27.3 Å². The van der Waals surface area contributed by atoms with Crippen molar-refractivity contribution in [1.82, 2.24) is 19.6 Å². The zero-order valence-electron chi connectivity index (χ0n) is 11.8. The average molecular weight is 283 g/mol. The van der Waals surface area contributed by atoms with Gasteiger partial charge < -0.3 is 5.32 Å². The maximum absolute atomic E-state index is 12.0. The molecule has 6 heteroatoms. The quantitative estimate of drug-likeness (QED) is 0.751. The molecule has 3 rings (SSSR count). The van der Waals surface area contributed by atoms with E-state index in [1.807, 2.05) is 30.3 Å². The van der Waals surface area contributed by atoms with Crippen LogP contribution in [0.3, 0.4) is 0 Å². The number of H-pyrrole nitrogens is 1. The van der Waals surface area contributed by atoms with Gasteiger partial charge in [0.25, 0.3) is 11.3 Å². The van der Waals surface area contributed by atoms with Crippen LogP contribution in [-0.2, 0) is 13.0 Å². The second-order valence-corrected chi connectivity index (χ2v) is 4.88. The molecular formula is C15H17N5O. The predicted molar refractivity (Wildman–Crippen MR) is 81.4 cm³/mol. The van der Waals surface area contributed by atoms with Crippen LogP contribution in [0.2, 0.25) is 0 Å². The summed E-state index contributed by atoms with van der Waals surface area (Å²) in [4.78, 5) is 20.7. The molecule has 108 valence electrons. The van der Waals surface area contributed by atoms with E-state index in [1.165, 1.54) is 4.52 Å². The number of anilines is 1. The minimum absolute atomic E-state index is 0.135. The summed E-state index contributed by atoms with van der Waals surface area (Å²) in [5, 5.41) is 6.09. The number of nitrogens with one attached hydrogen (secondary N) is 2. The third-order valence-electron chi connectivity index (χ3n) is 3.19. The van der Waals surface area contributed by atoms with Crippen LogP contribution in [-0.4, -0.2) is 19.6 Å². The Bertz CT molecular complexity index is 791. The Morgan fingerprint density at radius 3 is 2.81 bits per heavy atom. The molecule has 0 amide bonds. The number of aryl methyl sites for hydroxylation is 1. The molecule has 0 saturated carbocycles. The third kappa shape index (κ3) is 2.94. The van der Waals surface area contributed by atoms with E-state index >= 15 is 0 Å². The molecule has 0 saturated heterocycles. The second kappa shape index (κ2) is 5.78. The highest BCUT2D eigenvalue weighted by Crippen LogP contribution is 2.06. The summed E-state index contributed by atoms with van der Waals surface area (Å²) in [6.45, 7) is 2.69. The summed E-state index contributed by atoms with van der Waals surface area (Å²) in [5.41, 5.74) is 1.79. The van der Waals surface area contributed by atoms with Gasteiger partial charge in [0.1, 0.15) is 0 Å². The lowest BCUT2D eigenvalue weighted by atomic mass is 10.2. The summed E-state index contributed by atoms with van der Waals surface area (Å²) in [6, 6.07) is 11.6. The van der Waals surface area contributed by atoms with Crippen LogP contribution in [0.1, 0.15) is 24.6 Å². The molecule has 6 nitrogen and oxygen atoms in total. The van der Waals surface area contributed by atoms with Gasteiger partial charge in [0.05, 0.1) is 5.69 Å². The van der Waals surface area contributed by atoms with E-state index < -0.39 is 0 Å². The zero-order valence-corrected chi connectivity index (χ0v) is 11.8. The van der Waals surface area contributed by atoms with Crippen molar-refractivity contribution >= 4 is 11.7 Å². The Labute approximate surface area is 121 Å². The number of benzene rings is 1. The molecule has 0 aliphatic rings. The topological polar surface area (TPSA) is 75.1 Å². The third-order valence-corrected chi connectivity index (χ3v) is 3.19. The fourth-order valence-corrected chi connectivity index (χ4v) is 2.17. The van der Waals surface area contributed by atoms with Gasteiger partial charge in [-0.05, 0) is 12.0 Å². The van der Waals surface area contributed by atoms with Gasteiger partial charge in [-0.1, -0.05) is 43.7 Å². The van der Waals surface area contributed by atoms with Crippen molar-refractivity contribution in [2.75, 3.05) is 5.32 Å². The first-order valence-electron chi connectivity index (χ1n) is 7.03. The summed E-state index contributed by atoms with van der Waals surface area (Å²) >= 11 is 0. The van der Waals surface area contributed by atoms with E-state index in [0.29, 0.717) is 18.3 Å². The van der Waals surface area contributed by atoms with Crippen LogP contribution in [0, 0.1) is 0 Å². The summed E-state index contributed by atoms with van der Waals surface area (Å²) in [7, 11) is 0. The Morgan fingerprint density at radius 2 is 2.05 bits per heavy atom. The summed E-state index contributed by atoms with van der Waals surface area (Å²) in [6.07, 6.45) is 1.73. The van der Waals surface area contributed by atoms with Crippen molar-refractivity contribution in [2.45, 2.75) is 26.3 Å². The molecule has 1 aromatic carbocycles. The molecule has 0 fully saturated rings. The highest BCUT2D eigenvalue weighted by Gasteiger charge is 2.07. The van der Waals surface area contributed by atoms with Crippen LogP contribution >= 0.6 is 0 Å². The van der Waals surface area contributed by atoms with Crippen molar-refractivity contribution in [3.63, 3.8) is 0 Å². The van der Waals surface area contributed by atoms with Crippen LogP contribution in [0.15, 0.2) is 41.2 Å². The normalized spacial score (nSPS) is 10.9. The van der Waals surface area contributed by atoms with Gasteiger partial charge in [-0.25, -0.2) is 4.98 Å². The number of hydrogen-bond acceptors (Lipinski definition) is 4. The Balaban J connectivity index is 1.84. The lowest BCUT2D eigenvalue weighted by Gasteiger charge is -2.01. The first-order valence-corrected chi connectivity index (χ1v) is 7.03. The minimum atomic E-state index is -0.135. The zero-order chi connectivity index (χ0) is 14.7. The van der Waals surface area contributed by atoms with Crippen molar-refractivity contribution in [3.8, 4) is 0 Å². The van der Waals surface area contributed by atoms with Gasteiger partial charge in [0.2, 0.25) is 5.95 Å². The minimum Gasteiger partial charge on any atom is -0.351 e. The number of hydrogen-bond donors (Lipinski definition) is 2. The molecule has 0 radical (unpaired) electrons. The molecule has 0 atom stereocenters. The molecular weight excluding hydrogens is 266 g/mol. The van der Waals surface area contributed by atoms with Crippen molar-refractivity contribution in [1.29, 1.82) is 0 Å². The molecule has 0 aliphatic heterocycles. The summed E-state index contributed by atoms with van der Waals surface area (Å²) in [5.74, 6) is 0.943. The number of fused-ring (bicyclic) bond motifs is 1. The molecule has 0 spiro atoms. The Hall–Kier alpha value is -2.63. The van der Waals surface area contributed by atoms with Gasteiger partial charge in [-0.2, -0.15) is 9.50 Å². The molecule has 2 heterocycles. The highest BCUT2D eigenvalue weighted by molar-refractivity contribution is 5.37. The molecule has 2 aromatic heterocycles. The second-order valence-electron chi connectivity index (χ2n) is 4.88. The lowest BCUT2D eigenvalue weighted by Crippen LogP contribution is -2.15. The number of rotatable bonds is 5. The monoisotopic (exact) mass is 283 g/mol. The standard InChI is InChI=1S/C15H17N5O/c1-2-6-12-9-13(21)20-15(17-12)18-14(19-20)16-10-11-7-4-3-5-8-11/h3-5,7-9H,2,6,10H2,1H3,(H2,16,17,18,19). The Kier molecular flexibility index (Phi) is 3.68. The van der Waals surface area contributed by atoms with Gasteiger partial charge in [-0.3, -0.25) is 9.89 Å². The molecule has 0 aliphatic carbocycles. The maximum Gasteiger partial charge on any atom is 0.274 e. The number of aromatic amines is 1. The van der Waals surface area contributed by atoms with Gasteiger partial charge in [-0.15, -0.1) is 0 Å². The molecule has 2 N–H and O–H groups in total. The Morgan fingerprint density at radius 1 is 1.24 bits per heavy atom. The van der Waals surface area contributed by atoms with E-state index in [1.54, 1.807) is 6.07 Å². The largest absolute Gasteiger partial charge is 0.351 e. The van der Waals surface area contributed by atoms with Crippen LogP contribution in [0.4, 0.5) is 5.95 Å². The first kappa shape index (κ1) is 13.4. The van der Waals surface area contributed by atoms with Crippen molar-refractivity contribution < 1.29 is 0 Å². The van der Waals surface area contributed by atoms with Gasteiger partial charge >= 0.3 is 0 Å². The van der Waals surface area contributed by atoms with E-state index in [0.717, 1.165) is 24.1 Å². The molecule has 21 heavy (non-hydrogen) atoms. The maximum atomic E-state index is 12.0. The van der Waals surface area contributed by atoms with Crippen LogP contribution in [0.25, 0.3) is 5.78 Å². The molecule has 0 unspecified atom stereocenters. The SMILES string of the molecule is CCCc1cc(=O)n2[nH]c(NCc3ccccc3)nc2n1. The van der Waals surface area contributed by atoms with Crippen LogP contribution < -0.4 is 10.9 Å². The van der Waals surface area contributed by atoms with Gasteiger partial charge in [0, 0.05) is 12.6 Å². The highest BCUT2D eigenvalue weighted by atomic mass is 16.1. The average Bonchev–Trinajstić information content (AvgIpc) is 2.90.